The number of non-ortho nitro benzene ring substituents is 1. The van der Waals surface area contributed by atoms with Gasteiger partial charge in [-0.05, 0) is 18.2 Å². The first-order chi connectivity index (χ1) is 10.2. The number of hydrogen-bond acceptors (Lipinski definition) is 4. The minimum atomic E-state index is -0.468. The molecule has 0 fully saturated rings. The van der Waals surface area contributed by atoms with Crippen LogP contribution in [0.1, 0.15) is 11.1 Å². The van der Waals surface area contributed by atoms with Gasteiger partial charge in [0.15, 0.2) is 0 Å². The van der Waals surface area contributed by atoms with E-state index < -0.39 is 10.7 Å². The summed E-state index contributed by atoms with van der Waals surface area (Å²) in [6.45, 7) is 1.08. The van der Waals surface area contributed by atoms with E-state index in [1.54, 1.807) is 24.3 Å². The van der Waals surface area contributed by atoms with Gasteiger partial charge >= 0.3 is 0 Å². The fourth-order valence-corrected chi connectivity index (χ4v) is 2.32. The van der Waals surface area contributed by atoms with Crippen LogP contribution in [0.4, 0.5) is 15.8 Å². The van der Waals surface area contributed by atoms with Gasteiger partial charge in [-0.3, -0.25) is 15.1 Å². The molecule has 0 amide bonds. The molecular weight excluding hydrogens is 273 g/mol. The maximum Gasteiger partial charge on any atom is 0.270 e. The largest absolute Gasteiger partial charge is 0.383 e. The maximum atomic E-state index is 14.0. The predicted octanol–water partition coefficient (Wildman–Crippen LogP) is 3.00. The Morgan fingerprint density at radius 1 is 1.19 bits per heavy atom. The monoisotopic (exact) mass is 285 g/mol. The van der Waals surface area contributed by atoms with Crippen LogP contribution in [0, 0.1) is 15.9 Å². The van der Waals surface area contributed by atoms with Crippen molar-refractivity contribution in [3.63, 3.8) is 0 Å². The van der Waals surface area contributed by atoms with E-state index in [2.05, 4.69) is 10.3 Å². The van der Waals surface area contributed by atoms with Crippen molar-refractivity contribution in [3.05, 3.63) is 69.5 Å². The first-order valence-electron chi connectivity index (χ1n) is 6.49. The Bertz CT molecular complexity index is 743. The second kappa shape index (κ2) is 5.32. The van der Waals surface area contributed by atoms with Gasteiger partial charge in [-0.25, -0.2) is 4.39 Å². The molecule has 0 aliphatic carbocycles. The number of nitrogens with zero attached hydrogens (tertiary/aromatic N) is 2. The zero-order valence-electron chi connectivity index (χ0n) is 11.0. The van der Waals surface area contributed by atoms with E-state index in [9.17, 15) is 14.5 Å². The van der Waals surface area contributed by atoms with Crippen molar-refractivity contribution in [2.45, 2.75) is 0 Å². The molecule has 0 atom stereocenters. The normalized spacial score (nSPS) is 13.7. The van der Waals surface area contributed by atoms with E-state index >= 15 is 0 Å². The summed E-state index contributed by atoms with van der Waals surface area (Å²) in [6.07, 6.45) is 0. The van der Waals surface area contributed by atoms with Crippen molar-refractivity contribution >= 4 is 17.1 Å². The molecule has 0 radical (unpaired) electrons. The molecule has 1 aliphatic heterocycles. The van der Waals surface area contributed by atoms with E-state index in [0.29, 0.717) is 29.9 Å². The fraction of sp³-hybridized carbons (Fsp3) is 0.133. The van der Waals surface area contributed by atoms with E-state index in [0.717, 1.165) is 5.69 Å². The highest BCUT2D eigenvalue weighted by Gasteiger charge is 2.20. The standard InChI is InChI=1S/C15H12FN3O2/c16-13-4-2-1-3-11(13)15-12-9-10(19(20)21)5-6-14(12)17-7-8-18-15/h1-6,9,17H,7-8H2. The smallest absolute Gasteiger partial charge is 0.270 e. The van der Waals surface area contributed by atoms with Crippen LogP contribution < -0.4 is 5.32 Å². The van der Waals surface area contributed by atoms with Crippen LogP contribution in [0.3, 0.4) is 0 Å². The Labute approximate surface area is 120 Å². The van der Waals surface area contributed by atoms with E-state index in [4.69, 9.17) is 0 Å². The summed E-state index contributed by atoms with van der Waals surface area (Å²) in [4.78, 5) is 14.9. The van der Waals surface area contributed by atoms with Gasteiger partial charge in [0.2, 0.25) is 0 Å². The molecule has 5 nitrogen and oxygen atoms in total. The number of hydrogen-bond donors (Lipinski definition) is 1. The summed E-state index contributed by atoms with van der Waals surface area (Å²) in [5, 5.41) is 14.1. The van der Waals surface area contributed by atoms with Gasteiger partial charge in [-0.2, -0.15) is 0 Å². The van der Waals surface area contributed by atoms with Crippen molar-refractivity contribution in [1.29, 1.82) is 0 Å². The molecule has 0 saturated carbocycles. The van der Waals surface area contributed by atoms with Crippen molar-refractivity contribution < 1.29 is 9.31 Å². The molecule has 1 aliphatic rings. The number of aliphatic imine (C=N–C) groups is 1. The van der Waals surface area contributed by atoms with Crippen LogP contribution >= 0.6 is 0 Å². The highest BCUT2D eigenvalue weighted by Crippen LogP contribution is 2.27. The van der Waals surface area contributed by atoms with Crippen LogP contribution in [0.5, 0.6) is 0 Å². The Kier molecular flexibility index (Phi) is 3.35. The lowest BCUT2D eigenvalue weighted by Gasteiger charge is -2.10. The number of benzene rings is 2. The first-order valence-corrected chi connectivity index (χ1v) is 6.49. The van der Waals surface area contributed by atoms with E-state index in [-0.39, 0.29) is 5.69 Å². The molecule has 2 aromatic carbocycles. The summed E-state index contributed by atoms with van der Waals surface area (Å²) < 4.78 is 14.0. The Hall–Kier alpha value is -2.76. The van der Waals surface area contributed by atoms with Crippen molar-refractivity contribution in [3.8, 4) is 0 Å². The van der Waals surface area contributed by atoms with Gasteiger partial charge < -0.3 is 5.32 Å². The number of nitro groups is 1. The van der Waals surface area contributed by atoms with E-state index in [1.807, 2.05) is 0 Å². The van der Waals surface area contributed by atoms with Crippen LogP contribution in [-0.4, -0.2) is 23.7 Å². The second-order valence-electron chi connectivity index (χ2n) is 4.62. The van der Waals surface area contributed by atoms with Crippen LogP contribution in [-0.2, 0) is 0 Å². The van der Waals surface area contributed by atoms with Crippen molar-refractivity contribution in [1.82, 2.24) is 0 Å². The molecule has 1 heterocycles. The number of fused-ring (bicyclic) bond motifs is 1. The summed E-state index contributed by atoms with van der Waals surface area (Å²) in [5.41, 5.74) is 2.02. The van der Waals surface area contributed by atoms with Crippen LogP contribution in [0.25, 0.3) is 0 Å². The van der Waals surface area contributed by atoms with Gasteiger partial charge in [0.1, 0.15) is 5.82 Å². The molecule has 0 aromatic heterocycles. The van der Waals surface area contributed by atoms with Crippen molar-refractivity contribution in [2.75, 3.05) is 18.4 Å². The molecule has 6 heteroatoms. The first kappa shape index (κ1) is 13.2. The molecule has 0 bridgehead atoms. The zero-order valence-corrected chi connectivity index (χ0v) is 11.0. The maximum absolute atomic E-state index is 14.0. The number of halogens is 1. The van der Waals surface area contributed by atoms with Crippen molar-refractivity contribution in [2.24, 2.45) is 4.99 Å². The minimum Gasteiger partial charge on any atom is -0.383 e. The SMILES string of the molecule is O=[N+]([O-])c1ccc2c(c1)C(c1ccccc1F)=NCCN2. The van der Waals surface area contributed by atoms with Crippen LogP contribution in [0.15, 0.2) is 47.5 Å². The average Bonchev–Trinajstić information content (AvgIpc) is 2.69. The molecule has 1 N–H and O–H groups in total. The zero-order chi connectivity index (χ0) is 14.8. The summed E-state index contributed by atoms with van der Waals surface area (Å²) in [6, 6.07) is 10.8. The lowest BCUT2D eigenvalue weighted by molar-refractivity contribution is -0.384. The lowest BCUT2D eigenvalue weighted by atomic mass is 9.99. The summed E-state index contributed by atoms with van der Waals surface area (Å²) >= 11 is 0. The third-order valence-electron chi connectivity index (χ3n) is 3.30. The lowest BCUT2D eigenvalue weighted by Crippen LogP contribution is -2.08. The summed E-state index contributed by atoms with van der Waals surface area (Å²) in [5.74, 6) is -0.393. The van der Waals surface area contributed by atoms with Crippen LogP contribution in [0.2, 0.25) is 0 Å². The van der Waals surface area contributed by atoms with Gasteiger partial charge in [-0.15, -0.1) is 0 Å². The number of rotatable bonds is 2. The molecule has 3 rings (SSSR count). The number of benzodiazepines with no additional fused rings is 1. The average molecular weight is 285 g/mol. The summed E-state index contributed by atoms with van der Waals surface area (Å²) in [7, 11) is 0. The third-order valence-corrected chi connectivity index (χ3v) is 3.30. The molecule has 2 aromatic rings. The highest BCUT2D eigenvalue weighted by molar-refractivity contribution is 6.16. The molecule has 0 saturated heterocycles. The number of anilines is 1. The topological polar surface area (TPSA) is 67.5 Å². The Morgan fingerprint density at radius 2 is 2.00 bits per heavy atom. The third kappa shape index (κ3) is 2.47. The van der Waals surface area contributed by atoms with E-state index in [1.165, 1.54) is 18.2 Å². The minimum absolute atomic E-state index is 0.0403. The molecule has 0 spiro atoms. The number of nitro benzene ring substituents is 1. The van der Waals surface area contributed by atoms with Gasteiger partial charge in [0, 0.05) is 35.5 Å². The van der Waals surface area contributed by atoms with Gasteiger partial charge in [-0.1, -0.05) is 12.1 Å². The molecule has 106 valence electrons. The number of nitrogens with one attached hydrogen (secondary N) is 1. The highest BCUT2D eigenvalue weighted by atomic mass is 19.1. The van der Waals surface area contributed by atoms with Gasteiger partial charge in [0.25, 0.3) is 5.69 Å². The van der Waals surface area contributed by atoms with Gasteiger partial charge in [0.05, 0.1) is 17.2 Å². The Morgan fingerprint density at radius 3 is 2.76 bits per heavy atom. The quantitative estimate of drug-likeness (QED) is 0.681. The molecule has 0 unspecified atom stereocenters. The molecule has 21 heavy (non-hydrogen) atoms. The predicted molar refractivity (Wildman–Crippen MR) is 78.5 cm³/mol. The molecular formula is C15H12FN3O2. The second-order valence-corrected chi connectivity index (χ2v) is 4.62. The Balaban J connectivity index is 2.20. The fourth-order valence-electron chi connectivity index (χ4n) is 2.32.